The van der Waals surface area contributed by atoms with E-state index in [-0.39, 0.29) is 29.2 Å². The van der Waals surface area contributed by atoms with Crippen molar-refractivity contribution in [2.45, 2.75) is 66.3 Å². The zero-order valence-corrected chi connectivity index (χ0v) is 20.7. The van der Waals surface area contributed by atoms with E-state index in [1.54, 1.807) is 12.1 Å². The van der Waals surface area contributed by atoms with Gasteiger partial charge in [0.2, 0.25) is 0 Å². The molecule has 0 saturated carbocycles. The van der Waals surface area contributed by atoms with Crippen molar-refractivity contribution in [1.29, 1.82) is 0 Å². The van der Waals surface area contributed by atoms with E-state index in [0.29, 0.717) is 12.5 Å². The Morgan fingerprint density at radius 1 is 1.12 bits per heavy atom. The SMILES string of the molecule is CCC(C)NC(=O)NCC(C)(C)C(CC(C)C)c1ccc2c(cnn2-c2ccc(F)cc2)c1. The highest BCUT2D eigenvalue weighted by Crippen LogP contribution is 2.40. The van der Waals surface area contributed by atoms with Crippen molar-refractivity contribution in [3.63, 3.8) is 0 Å². The zero-order valence-electron chi connectivity index (χ0n) is 20.7. The molecule has 2 N–H and O–H groups in total. The minimum atomic E-state index is -0.261. The van der Waals surface area contributed by atoms with Crippen molar-refractivity contribution in [3.8, 4) is 5.69 Å². The first kappa shape index (κ1) is 24.7. The molecule has 0 aliphatic rings. The summed E-state index contributed by atoms with van der Waals surface area (Å²) < 4.78 is 15.2. The fraction of sp³-hybridized carbons (Fsp3) is 0.481. The van der Waals surface area contributed by atoms with Gasteiger partial charge in [-0.3, -0.25) is 0 Å². The summed E-state index contributed by atoms with van der Waals surface area (Å²) in [6, 6.07) is 12.9. The molecule has 0 saturated heterocycles. The van der Waals surface area contributed by atoms with E-state index in [2.05, 4.69) is 68.6 Å². The van der Waals surface area contributed by atoms with Crippen LogP contribution in [0.25, 0.3) is 16.6 Å². The average molecular weight is 453 g/mol. The van der Waals surface area contributed by atoms with E-state index >= 15 is 0 Å². The van der Waals surface area contributed by atoms with Crippen LogP contribution in [0.15, 0.2) is 48.7 Å². The molecule has 33 heavy (non-hydrogen) atoms. The second-order valence-electron chi connectivity index (χ2n) is 10.2. The summed E-state index contributed by atoms with van der Waals surface area (Å²) in [4.78, 5) is 12.3. The van der Waals surface area contributed by atoms with E-state index in [4.69, 9.17) is 0 Å². The van der Waals surface area contributed by atoms with Crippen LogP contribution in [-0.2, 0) is 0 Å². The Kier molecular flexibility index (Phi) is 7.77. The number of benzene rings is 2. The zero-order chi connectivity index (χ0) is 24.2. The number of halogens is 1. The number of rotatable bonds is 9. The molecule has 0 bridgehead atoms. The van der Waals surface area contributed by atoms with Gasteiger partial charge in [0.15, 0.2) is 0 Å². The lowest BCUT2D eigenvalue weighted by atomic mass is 9.71. The average Bonchev–Trinajstić information content (AvgIpc) is 3.19. The van der Waals surface area contributed by atoms with E-state index in [0.717, 1.165) is 29.4 Å². The van der Waals surface area contributed by atoms with Gasteiger partial charge in [-0.2, -0.15) is 5.10 Å². The van der Waals surface area contributed by atoms with Crippen molar-refractivity contribution in [2.24, 2.45) is 11.3 Å². The van der Waals surface area contributed by atoms with Gasteiger partial charge in [-0.15, -0.1) is 0 Å². The summed E-state index contributed by atoms with van der Waals surface area (Å²) in [7, 11) is 0. The molecule has 0 aliphatic carbocycles. The lowest BCUT2D eigenvalue weighted by Gasteiger charge is -2.36. The minimum Gasteiger partial charge on any atom is -0.338 e. The number of nitrogens with one attached hydrogen (secondary N) is 2. The van der Waals surface area contributed by atoms with Gasteiger partial charge in [-0.05, 0) is 79.0 Å². The Labute approximate surface area is 196 Å². The summed E-state index contributed by atoms with van der Waals surface area (Å²) >= 11 is 0. The molecule has 2 aromatic carbocycles. The van der Waals surface area contributed by atoms with E-state index in [1.165, 1.54) is 17.7 Å². The highest BCUT2D eigenvalue weighted by Gasteiger charge is 2.32. The summed E-state index contributed by atoms with van der Waals surface area (Å²) in [5.74, 6) is 0.517. The molecule has 1 heterocycles. The van der Waals surface area contributed by atoms with E-state index < -0.39 is 0 Å². The van der Waals surface area contributed by atoms with Crippen LogP contribution in [0.2, 0.25) is 0 Å². The quantitative estimate of drug-likeness (QED) is 0.394. The maximum absolute atomic E-state index is 13.3. The molecule has 1 aromatic heterocycles. The van der Waals surface area contributed by atoms with Gasteiger partial charge in [0.1, 0.15) is 5.82 Å². The molecule has 2 unspecified atom stereocenters. The molecule has 6 heteroatoms. The standard InChI is InChI=1S/C27H37FN4O/c1-7-19(4)31-26(33)29-17-27(5,6)24(14-18(2)3)20-8-13-25-21(15-20)16-30-32(25)23-11-9-22(28)10-12-23/h8-13,15-16,18-19,24H,7,14,17H2,1-6H3,(H2,29,31,33). The highest BCUT2D eigenvalue weighted by molar-refractivity contribution is 5.81. The lowest BCUT2D eigenvalue weighted by molar-refractivity contribution is 0.215. The number of carbonyl (C=O) groups excluding carboxylic acids is 1. The van der Waals surface area contributed by atoms with Crippen molar-refractivity contribution in [1.82, 2.24) is 20.4 Å². The third-order valence-corrected chi connectivity index (χ3v) is 6.41. The number of aromatic nitrogens is 2. The maximum atomic E-state index is 13.3. The van der Waals surface area contributed by atoms with Gasteiger partial charge in [0.05, 0.1) is 17.4 Å². The maximum Gasteiger partial charge on any atom is 0.315 e. The van der Waals surface area contributed by atoms with Crippen LogP contribution in [0.3, 0.4) is 0 Å². The lowest BCUT2D eigenvalue weighted by Crippen LogP contribution is -2.45. The number of amides is 2. The molecule has 3 aromatic rings. The fourth-order valence-corrected chi connectivity index (χ4v) is 4.24. The van der Waals surface area contributed by atoms with Crippen LogP contribution in [0.4, 0.5) is 9.18 Å². The van der Waals surface area contributed by atoms with Gasteiger partial charge in [0.25, 0.3) is 0 Å². The normalized spacial score (nSPS) is 13.8. The Morgan fingerprint density at radius 3 is 2.45 bits per heavy atom. The Hall–Kier alpha value is -2.89. The molecular formula is C27H37FN4O. The Balaban J connectivity index is 1.86. The number of carbonyl (C=O) groups is 1. The highest BCUT2D eigenvalue weighted by atomic mass is 19.1. The summed E-state index contributed by atoms with van der Waals surface area (Å²) in [5.41, 5.74) is 2.91. The van der Waals surface area contributed by atoms with Crippen LogP contribution >= 0.6 is 0 Å². The fourth-order valence-electron chi connectivity index (χ4n) is 4.24. The molecule has 178 valence electrons. The van der Waals surface area contributed by atoms with E-state index in [9.17, 15) is 9.18 Å². The van der Waals surface area contributed by atoms with Crippen LogP contribution in [-0.4, -0.2) is 28.4 Å². The monoisotopic (exact) mass is 452 g/mol. The largest absolute Gasteiger partial charge is 0.338 e. The topological polar surface area (TPSA) is 59.0 Å². The van der Waals surface area contributed by atoms with Gasteiger partial charge >= 0.3 is 6.03 Å². The first-order valence-corrected chi connectivity index (χ1v) is 11.9. The van der Waals surface area contributed by atoms with Gasteiger partial charge < -0.3 is 10.6 Å². The van der Waals surface area contributed by atoms with Gasteiger partial charge in [-0.1, -0.05) is 40.7 Å². The van der Waals surface area contributed by atoms with Crippen molar-refractivity contribution in [3.05, 3.63) is 60.0 Å². The predicted molar refractivity (Wildman–Crippen MR) is 133 cm³/mol. The molecule has 0 fully saturated rings. The van der Waals surface area contributed by atoms with Gasteiger partial charge in [0, 0.05) is 18.0 Å². The number of fused-ring (bicyclic) bond motifs is 1. The molecule has 2 amide bonds. The summed E-state index contributed by atoms with van der Waals surface area (Å²) in [6.07, 6.45) is 3.77. The van der Waals surface area contributed by atoms with Crippen LogP contribution < -0.4 is 10.6 Å². The number of urea groups is 1. The van der Waals surface area contributed by atoms with E-state index in [1.807, 2.05) is 17.8 Å². The van der Waals surface area contributed by atoms with Crippen molar-refractivity contribution < 1.29 is 9.18 Å². The number of hydrogen-bond acceptors (Lipinski definition) is 2. The molecule has 3 rings (SSSR count). The Bertz CT molecular complexity index is 1070. The van der Waals surface area contributed by atoms with Crippen molar-refractivity contribution in [2.75, 3.05) is 6.54 Å². The second kappa shape index (κ2) is 10.4. The third kappa shape index (κ3) is 6.12. The number of nitrogens with zero attached hydrogens (tertiary/aromatic N) is 2. The summed E-state index contributed by atoms with van der Waals surface area (Å²) in [5, 5.41) is 11.7. The molecule has 0 aliphatic heterocycles. The smallest absolute Gasteiger partial charge is 0.315 e. The molecule has 5 nitrogen and oxygen atoms in total. The molecular weight excluding hydrogens is 415 g/mol. The first-order chi connectivity index (χ1) is 15.6. The second-order valence-corrected chi connectivity index (χ2v) is 10.2. The minimum absolute atomic E-state index is 0.114. The van der Waals surface area contributed by atoms with Crippen LogP contribution in [0.5, 0.6) is 0 Å². The number of hydrogen-bond donors (Lipinski definition) is 2. The van der Waals surface area contributed by atoms with Gasteiger partial charge in [-0.25, -0.2) is 13.9 Å². The van der Waals surface area contributed by atoms with Crippen molar-refractivity contribution >= 4 is 16.9 Å². The molecule has 0 radical (unpaired) electrons. The van der Waals surface area contributed by atoms with Crippen LogP contribution in [0, 0.1) is 17.2 Å². The predicted octanol–water partition coefficient (Wildman–Crippen LogP) is 6.42. The first-order valence-electron chi connectivity index (χ1n) is 11.9. The molecule has 0 spiro atoms. The third-order valence-electron chi connectivity index (χ3n) is 6.41. The molecule has 2 atom stereocenters. The summed E-state index contributed by atoms with van der Waals surface area (Å²) in [6.45, 7) is 13.6. The van der Waals surface area contributed by atoms with Crippen LogP contribution in [0.1, 0.15) is 65.9 Å². The Morgan fingerprint density at radius 2 is 1.82 bits per heavy atom.